The van der Waals surface area contributed by atoms with E-state index in [4.69, 9.17) is 9.47 Å². The Morgan fingerprint density at radius 1 is 0.837 bits per heavy atom. The highest BCUT2D eigenvalue weighted by Gasteiger charge is 2.28. The Balaban J connectivity index is 0.000000802. The molecule has 278 valence electrons. The van der Waals surface area contributed by atoms with Crippen molar-refractivity contribution in [3.8, 4) is 0 Å². The summed E-state index contributed by atoms with van der Waals surface area (Å²) in [5, 5.41) is 2.79. The molecule has 11 nitrogen and oxygen atoms in total. The fourth-order valence-electron chi connectivity index (χ4n) is 4.89. The van der Waals surface area contributed by atoms with Gasteiger partial charge >= 0.3 is 11.9 Å². The van der Waals surface area contributed by atoms with E-state index in [1.165, 1.54) is 33.5 Å². The first-order valence-corrected chi connectivity index (χ1v) is 16.2. The van der Waals surface area contributed by atoms with E-state index >= 15 is 0 Å². The maximum Gasteiger partial charge on any atom is 0.329 e. The maximum atomic E-state index is 12.9. The van der Waals surface area contributed by atoms with E-state index in [-0.39, 0.29) is 62.0 Å². The summed E-state index contributed by atoms with van der Waals surface area (Å²) < 4.78 is 37.2. The third-order valence-corrected chi connectivity index (χ3v) is 7.33. The van der Waals surface area contributed by atoms with Gasteiger partial charge in [-0.15, -0.1) is 12.4 Å². The molecule has 0 saturated carbocycles. The molecule has 1 N–H and O–H groups in total. The van der Waals surface area contributed by atoms with Crippen LogP contribution in [0.25, 0.3) is 0 Å². The van der Waals surface area contributed by atoms with E-state index in [1.807, 2.05) is 32.6 Å². The van der Waals surface area contributed by atoms with Gasteiger partial charge in [-0.05, 0) is 50.2 Å². The molecule has 2 aromatic rings. The van der Waals surface area contributed by atoms with Crippen molar-refractivity contribution in [2.75, 3.05) is 39.4 Å². The van der Waals surface area contributed by atoms with Crippen molar-refractivity contribution in [3.63, 3.8) is 0 Å². The van der Waals surface area contributed by atoms with Crippen LogP contribution in [0.5, 0.6) is 0 Å². The molecule has 2 fully saturated rings. The van der Waals surface area contributed by atoms with Crippen LogP contribution < -0.4 is 16.4 Å². The van der Waals surface area contributed by atoms with Gasteiger partial charge < -0.3 is 23.9 Å². The third kappa shape index (κ3) is 15.3. The van der Waals surface area contributed by atoms with Crippen LogP contribution in [0.3, 0.4) is 0 Å². The molecule has 49 heavy (non-hydrogen) atoms. The number of likely N-dealkylation sites (tertiary alicyclic amines) is 1. The second kappa shape index (κ2) is 23.1. The summed E-state index contributed by atoms with van der Waals surface area (Å²) in [6, 6.07) is 4.62. The van der Waals surface area contributed by atoms with Crippen LogP contribution in [-0.2, 0) is 25.6 Å². The van der Waals surface area contributed by atoms with Gasteiger partial charge in [0.05, 0.1) is 13.2 Å². The average Bonchev–Trinajstić information content (AvgIpc) is 2.99. The molecule has 4 rings (SSSR count). The number of aldehydes is 1. The standard InChI is InChI=1S/C17H25FN2O3.C14H19NO4.C3H6FN.CH4.ClH/c1-4-23-17(22)15(7-12(2)3)20-9-13(5-6-16(20)21)8-19-10-14(18)11-19;1-4-19-14(18)12(7-10(2)3)15-8-11(9-16)5-6-13(15)17;4-3-1-5-2-3;;/h5-6,9,12,14-15H,4,7-8,10-11H2,1-3H3;5-6,8-10,12H,4,7H2,1-3H3;3,5H,1-2H2;1H4;1H. The largest absolute Gasteiger partial charge is 0.464 e. The highest BCUT2D eigenvalue weighted by molar-refractivity contribution is 5.85. The first kappa shape index (κ1) is 45.6. The summed E-state index contributed by atoms with van der Waals surface area (Å²) in [6.07, 6.45) is 3.48. The van der Waals surface area contributed by atoms with Crippen molar-refractivity contribution < 1.29 is 32.6 Å². The molecule has 0 aliphatic carbocycles. The molecule has 0 spiro atoms. The third-order valence-electron chi connectivity index (χ3n) is 7.33. The highest BCUT2D eigenvalue weighted by atomic mass is 35.5. The van der Waals surface area contributed by atoms with Gasteiger partial charge in [0.15, 0.2) is 6.29 Å². The first-order chi connectivity index (χ1) is 22.3. The van der Waals surface area contributed by atoms with Gasteiger partial charge in [0, 0.05) is 62.8 Å². The van der Waals surface area contributed by atoms with E-state index in [1.54, 1.807) is 26.1 Å². The molecule has 0 aromatic carbocycles. The van der Waals surface area contributed by atoms with E-state index in [9.17, 15) is 32.8 Å². The Morgan fingerprint density at radius 2 is 1.29 bits per heavy atom. The minimum absolute atomic E-state index is 0. The van der Waals surface area contributed by atoms with Gasteiger partial charge in [-0.1, -0.05) is 41.2 Å². The molecule has 4 heterocycles. The summed E-state index contributed by atoms with van der Waals surface area (Å²) in [5.41, 5.74) is 0.718. The van der Waals surface area contributed by atoms with Crippen molar-refractivity contribution in [1.29, 1.82) is 0 Å². The highest BCUT2D eigenvalue weighted by Crippen LogP contribution is 2.21. The average molecular weight is 717 g/mol. The Labute approximate surface area is 294 Å². The number of hydrogen-bond acceptors (Lipinski definition) is 9. The van der Waals surface area contributed by atoms with Crippen molar-refractivity contribution >= 4 is 30.6 Å². The lowest BCUT2D eigenvalue weighted by molar-refractivity contribution is -0.148. The molecule has 0 radical (unpaired) electrons. The number of esters is 2. The van der Waals surface area contributed by atoms with Crippen LogP contribution in [0.2, 0.25) is 0 Å². The van der Waals surface area contributed by atoms with Crippen LogP contribution >= 0.6 is 12.4 Å². The van der Waals surface area contributed by atoms with E-state index < -0.39 is 30.4 Å². The van der Waals surface area contributed by atoms with Crippen LogP contribution in [0.15, 0.2) is 46.2 Å². The minimum Gasteiger partial charge on any atom is -0.464 e. The lowest BCUT2D eigenvalue weighted by atomic mass is 10.0. The zero-order valence-corrected chi connectivity index (χ0v) is 29.5. The predicted molar refractivity (Wildman–Crippen MR) is 189 cm³/mol. The monoisotopic (exact) mass is 716 g/mol. The van der Waals surface area contributed by atoms with Crippen LogP contribution in [-0.4, -0.2) is 84.0 Å². The molecular weight excluding hydrogens is 662 g/mol. The molecule has 2 atom stereocenters. The molecule has 2 aromatic heterocycles. The van der Waals surface area contributed by atoms with Gasteiger partial charge in [0.2, 0.25) is 0 Å². The molecule has 14 heteroatoms. The number of halogens is 3. The van der Waals surface area contributed by atoms with Gasteiger partial charge in [-0.3, -0.25) is 19.3 Å². The Hall–Kier alpha value is -3.42. The smallest absolute Gasteiger partial charge is 0.329 e. The summed E-state index contributed by atoms with van der Waals surface area (Å²) in [6.45, 7) is 14.5. The minimum atomic E-state index is -0.755. The zero-order valence-electron chi connectivity index (χ0n) is 28.7. The number of rotatable bonds is 13. The lowest BCUT2D eigenvalue weighted by Crippen LogP contribution is -2.47. The fourth-order valence-corrected chi connectivity index (χ4v) is 4.89. The van der Waals surface area contributed by atoms with E-state index in [2.05, 4.69) is 5.32 Å². The lowest BCUT2D eigenvalue weighted by Gasteiger charge is -2.34. The number of carbonyl (C=O) groups is 3. The molecular formula is C35H55ClF2N4O7. The molecule has 2 aliphatic heterocycles. The first-order valence-electron chi connectivity index (χ1n) is 16.2. The van der Waals surface area contributed by atoms with Crippen LogP contribution in [0.1, 0.15) is 89.8 Å². The predicted octanol–water partition coefficient (Wildman–Crippen LogP) is 4.95. The molecule has 0 bridgehead atoms. The number of hydrogen-bond donors (Lipinski definition) is 1. The SMILES string of the molecule is C.CCOC(=O)C(CC(C)C)n1cc(C=O)ccc1=O.CCOC(=O)C(CC(C)C)n1cc(CN2CC(F)C2)ccc1=O.Cl.FC1CNC1. The summed E-state index contributed by atoms with van der Waals surface area (Å²) in [7, 11) is 0. The van der Waals surface area contributed by atoms with Crippen LogP contribution in [0.4, 0.5) is 8.78 Å². The number of aromatic nitrogens is 2. The number of alkyl halides is 2. The number of nitrogens with one attached hydrogen (secondary N) is 1. The maximum absolute atomic E-state index is 12.9. The summed E-state index contributed by atoms with van der Waals surface area (Å²) >= 11 is 0. The Bertz CT molecular complexity index is 1410. The molecule has 2 aliphatic rings. The second-order valence-electron chi connectivity index (χ2n) is 12.5. The van der Waals surface area contributed by atoms with Crippen LogP contribution in [0, 0.1) is 11.8 Å². The van der Waals surface area contributed by atoms with Crippen molar-refractivity contribution in [2.24, 2.45) is 11.8 Å². The van der Waals surface area contributed by atoms with E-state index in [0.29, 0.717) is 57.4 Å². The van der Waals surface area contributed by atoms with Gasteiger partial charge in [-0.25, -0.2) is 18.4 Å². The number of nitrogens with zero attached hydrogens (tertiary/aromatic N) is 3. The number of ether oxygens (including phenoxy) is 2. The van der Waals surface area contributed by atoms with Crippen molar-refractivity contribution in [3.05, 3.63) is 68.5 Å². The van der Waals surface area contributed by atoms with Crippen molar-refractivity contribution in [1.82, 2.24) is 19.4 Å². The normalized spacial score (nSPS) is 15.4. The van der Waals surface area contributed by atoms with Gasteiger partial charge in [-0.2, -0.15) is 0 Å². The van der Waals surface area contributed by atoms with Crippen molar-refractivity contribution in [2.45, 2.75) is 92.8 Å². The van der Waals surface area contributed by atoms with E-state index in [0.717, 1.165) is 5.56 Å². The number of pyridine rings is 2. The fraction of sp³-hybridized carbons (Fsp3) is 0.629. The molecule has 2 saturated heterocycles. The molecule has 0 amide bonds. The Morgan fingerprint density at radius 3 is 1.65 bits per heavy atom. The quantitative estimate of drug-likeness (QED) is 0.226. The topological polar surface area (TPSA) is 129 Å². The zero-order chi connectivity index (χ0) is 35.1. The summed E-state index contributed by atoms with van der Waals surface area (Å²) in [5.74, 6) is -0.349. The molecule has 2 unspecified atom stereocenters. The Kier molecular flexibility index (Phi) is 21.5. The van der Waals surface area contributed by atoms with Gasteiger partial charge in [0.25, 0.3) is 11.1 Å². The summed E-state index contributed by atoms with van der Waals surface area (Å²) in [4.78, 5) is 61.0. The second-order valence-corrected chi connectivity index (χ2v) is 12.5. The van der Waals surface area contributed by atoms with Gasteiger partial charge in [0.1, 0.15) is 24.4 Å². The number of carbonyl (C=O) groups excluding carboxylic acids is 3.